The SMILES string of the molecule is CN.Cc1cc(N)ccc1Cl. The standard InChI is InChI=1S/C7H8ClN.CH5N/c1-5-4-6(9)2-3-7(5)8;1-2/h2-4H,9H2,1H3;2H2,1H3. The number of benzene rings is 1. The lowest BCUT2D eigenvalue weighted by Crippen LogP contribution is -1.84. The van der Waals surface area contributed by atoms with Gasteiger partial charge in [0, 0.05) is 10.7 Å². The molecule has 0 aliphatic heterocycles. The number of halogens is 1. The van der Waals surface area contributed by atoms with Crippen LogP contribution in [0, 0.1) is 6.92 Å². The second kappa shape index (κ2) is 4.99. The summed E-state index contributed by atoms with van der Waals surface area (Å²) in [4.78, 5) is 0. The van der Waals surface area contributed by atoms with E-state index in [9.17, 15) is 0 Å². The van der Waals surface area contributed by atoms with Crippen LogP contribution in [0.15, 0.2) is 18.2 Å². The van der Waals surface area contributed by atoms with Crippen LogP contribution in [0.4, 0.5) is 5.69 Å². The molecule has 2 nitrogen and oxygen atoms in total. The van der Waals surface area contributed by atoms with E-state index in [-0.39, 0.29) is 0 Å². The molecular formula is C8H13ClN2. The Morgan fingerprint density at radius 2 is 1.82 bits per heavy atom. The van der Waals surface area contributed by atoms with Gasteiger partial charge in [0.15, 0.2) is 0 Å². The molecule has 0 aliphatic carbocycles. The average molecular weight is 173 g/mol. The van der Waals surface area contributed by atoms with Crippen LogP contribution in [-0.2, 0) is 0 Å². The molecule has 62 valence electrons. The van der Waals surface area contributed by atoms with Crippen molar-refractivity contribution >= 4 is 17.3 Å². The summed E-state index contributed by atoms with van der Waals surface area (Å²) in [5.41, 5.74) is 11.8. The maximum atomic E-state index is 5.73. The summed E-state index contributed by atoms with van der Waals surface area (Å²) in [6, 6.07) is 5.43. The van der Waals surface area contributed by atoms with Crippen molar-refractivity contribution in [2.24, 2.45) is 5.73 Å². The van der Waals surface area contributed by atoms with Gasteiger partial charge in [-0.2, -0.15) is 0 Å². The largest absolute Gasteiger partial charge is 0.399 e. The normalized spacial score (nSPS) is 8.36. The molecule has 0 atom stereocenters. The Morgan fingerprint density at radius 1 is 1.27 bits per heavy atom. The number of nitrogens with two attached hydrogens (primary N) is 2. The summed E-state index contributed by atoms with van der Waals surface area (Å²) >= 11 is 5.73. The van der Waals surface area contributed by atoms with E-state index >= 15 is 0 Å². The fourth-order valence-corrected chi connectivity index (χ4v) is 0.785. The molecule has 1 aromatic carbocycles. The first-order valence-corrected chi connectivity index (χ1v) is 3.67. The van der Waals surface area contributed by atoms with Gasteiger partial charge >= 0.3 is 0 Å². The summed E-state index contributed by atoms with van der Waals surface area (Å²) in [5.74, 6) is 0. The van der Waals surface area contributed by atoms with Crippen molar-refractivity contribution in [2.75, 3.05) is 12.8 Å². The quantitative estimate of drug-likeness (QED) is 0.587. The molecule has 11 heavy (non-hydrogen) atoms. The van der Waals surface area contributed by atoms with Crippen molar-refractivity contribution in [3.05, 3.63) is 28.8 Å². The first-order valence-electron chi connectivity index (χ1n) is 3.29. The summed E-state index contributed by atoms with van der Waals surface area (Å²) in [6.45, 7) is 1.93. The minimum absolute atomic E-state index is 0.761. The third kappa shape index (κ3) is 3.25. The molecule has 0 radical (unpaired) electrons. The first kappa shape index (κ1) is 10.3. The minimum atomic E-state index is 0.761. The summed E-state index contributed by atoms with van der Waals surface area (Å²) in [6.07, 6.45) is 0. The van der Waals surface area contributed by atoms with Crippen LogP contribution in [-0.4, -0.2) is 7.05 Å². The first-order chi connectivity index (χ1) is 5.20. The Bertz CT molecular complexity index is 223. The molecule has 0 unspecified atom stereocenters. The van der Waals surface area contributed by atoms with Gasteiger partial charge in [-0.1, -0.05) is 11.6 Å². The Kier molecular flexibility index (Phi) is 4.66. The van der Waals surface area contributed by atoms with Gasteiger partial charge in [0.05, 0.1) is 0 Å². The van der Waals surface area contributed by atoms with E-state index in [1.54, 1.807) is 12.1 Å². The molecule has 4 N–H and O–H groups in total. The maximum Gasteiger partial charge on any atom is 0.0436 e. The minimum Gasteiger partial charge on any atom is -0.399 e. The summed E-state index contributed by atoms with van der Waals surface area (Å²) in [5, 5.41) is 0.768. The van der Waals surface area contributed by atoms with Crippen molar-refractivity contribution in [3.8, 4) is 0 Å². The van der Waals surface area contributed by atoms with E-state index in [4.69, 9.17) is 17.3 Å². The molecule has 1 rings (SSSR count). The monoisotopic (exact) mass is 172 g/mol. The molecule has 0 aliphatic rings. The van der Waals surface area contributed by atoms with Gasteiger partial charge in [-0.05, 0) is 37.7 Å². The molecular weight excluding hydrogens is 160 g/mol. The van der Waals surface area contributed by atoms with Gasteiger partial charge in [0.2, 0.25) is 0 Å². The van der Waals surface area contributed by atoms with E-state index in [1.165, 1.54) is 7.05 Å². The second-order valence-electron chi connectivity index (χ2n) is 2.01. The molecule has 3 heteroatoms. The van der Waals surface area contributed by atoms with E-state index in [0.717, 1.165) is 16.3 Å². The van der Waals surface area contributed by atoms with Crippen LogP contribution in [0.1, 0.15) is 5.56 Å². The highest BCUT2D eigenvalue weighted by atomic mass is 35.5. The van der Waals surface area contributed by atoms with Gasteiger partial charge in [0.1, 0.15) is 0 Å². The molecule has 0 heterocycles. The fraction of sp³-hybridized carbons (Fsp3) is 0.250. The fourth-order valence-electron chi connectivity index (χ4n) is 0.668. The van der Waals surface area contributed by atoms with Crippen molar-refractivity contribution in [1.82, 2.24) is 0 Å². The zero-order valence-corrected chi connectivity index (χ0v) is 7.52. The lowest BCUT2D eigenvalue weighted by molar-refractivity contribution is 1.47. The van der Waals surface area contributed by atoms with Crippen molar-refractivity contribution < 1.29 is 0 Å². The lowest BCUT2D eigenvalue weighted by atomic mass is 10.2. The zero-order chi connectivity index (χ0) is 8.85. The number of hydrogen-bond donors (Lipinski definition) is 2. The third-order valence-electron chi connectivity index (χ3n) is 1.18. The van der Waals surface area contributed by atoms with Gasteiger partial charge in [-0.15, -0.1) is 0 Å². The second-order valence-corrected chi connectivity index (χ2v) is 2.42. The summed E-state index contributed by atoms with van der Waals surface area (Å²) < 4.78 is 0. The van der Waals surface area contributed by atoms with Crippen LogP contribution < -0.4 is 11.5 Å². The highest BCUT2D eigenvalue weighted by Gasteiger charge is 1.91. The van der Waals surface area contributed by atoms with Crippen molar-refractivity contribution in [1.29, 1.82) is 0 Å². The Morgan fingerprint density at radius 3 is 2.18 bits per heavy atom. The van der Waals surface area contributed by atoms with E-state index in [0.29, 0.717) is 0 Å². The Balaban J connectivity index is 0.000000461. The average Bonchev–Trinajstić information content (AvgIpc) is 2.02. The number of aryl methyl sites for hydroxylation is 1. The van der Waals surface area contributed by atoms with Gasteiger partial charge in [-0.3, -0.25) is 0 Å². The highest BCUT2D eigenvalue weighted by Crippen LogP contribution is 2.16. The number of hydrogen-bond acceptors (Lipinski definition) is 2. The predicted molar refractivity (Wildman–Crippen MR) is 50.7 cm³/mol. The molecule has 0 aromatic heterocycles. The van der Waals surface area contributed by atoms with Crippen molar-refractivity contribution in [2.45, 2.75) is 6.92 Å². The molecule has 0 bridgehead atoms. The molecule has 0 fully saturated rings. The smallest absolute Gasteiger partial charge is 0.0436 e. The van der Waals surface area contributed by atoms with Gasteiger partial charge in [-0.25, -0.2) is 0 Å². The predicted octanol–water partition coefficient (Wildman–Crippen LogP) is 1.81. The topological polar surface area (TPSA) is 52.0 Å². The zero-order valence-electron chi connectivity index (χ0n) is 6.76. The van der Waals surface area contributed by atoms with Crippen LogP contribution in [0.25, 0.3) is 0 Å². The molecule has 0 saturated heterocycles. The maximum absolute atomic E-state index is 5.73. The Labute approximate surface area is 72.2 Å². The number of nitrogen functional groups attached to an aromatic ring is 1. The Hall–Kier alpha value is -0.730. The van der Waals surface area contributed by atoms with Crippen LogP contribution in [0.5, 0.6) is 0 Å². The molecule has 0 saturated carbocycles. The van der Waals surface area contributed by atoms with E-state index in [1.807, 2.05) is 13.0 Å². The van der Waals surface area contributed by atoms with Crippen LogP contribution in [0.3, 0.4) is 0 Å². The van der Waals surface area contributed by atoms with Gasteiger partial charge in [0.25, 0.3) is 0 Å². The molecule has 1 aromatic rings. The van der Waals surface area contributed by atoms with E-state index < -0.39 is 0 Å². The van der Waals surface area contributed by atoms with E-state index in [2.05, 4.69) is 5.73 Å². The van der Waals surface area contributed by atoms with Crippen LogP contribution >= 0.6 is 11.6 Å². The van der Waals surface area contributed by atoms with Gasteiger partial charge < -0.3 is 11.5 Å². The number of rotatable bonds is 0. The summed E-state index contributed by atoms with van der Waals surface area (Å²) in [7, 11) is 1.50. The highest BCUT2D eigenvalue weighted by molar-refractivity contribution is 6.31. The van der Waals surface area contributed by atoms with Crippen LogP contribution in [0.2, 0.25) is 5.02 Å². The van der Waals surface area contributed by atoms with Crippen molar-refractivity contribution in [3.63, 3.8) is 0 Å². The number of anilines is 1. The molecule has 0 spiro atoms. The lowest BCUT2D eigenvalue weighted by Gasteiger charge is -1.96. The third-order valence-corrected chi connectivity index (χ3v) is 1.61. The molecule has 0 amide bonds.